The maximum absolute atomic E-state index is 11.9. The van der Waals surface area contributed by atoms with E-state index < -0.39 is 11.7 Å². The van der Waals surface area contributed by atoms with Crippen molar-refractivity contribution in [3.63, 3.8) is 0 Å². The minimum Gasteiger partial charge on any atom is -0.443 e. The highest BCUT2D eigenvalue weighted by atomic mass is 16.6. The number of carbonyl (C=O) groups excluding carboxylic acids is 1. The summed E-state index contributed by atoms with van der Waals surface area (Å²) in [7, 11) is 0. The van der Waals surface area contributed by atoms with Crippen LogP contribution in [0.15, 0.2) is 24.5 Å². The Morgan fingerprint density at radius 2 is 2.06 bits per heavy atom. The number of fused-ring (bicyclic) bond motifs is 1. The molecule has 0 unspecified atom stereocenters. The Hall–Kier alpha value is -1.84. The summed E-state index contributed by atoms with van der Waals surface area (Å²) >= 11 is 0. The average molecular weight is 232 g/mol. The minimum absolute atomic E-state index is 0.399. The van der Waals surface area contributed by atoms with Gasteiger partial charge in [-0.3, -0.25) is 0 Å². The third kappa shape index (κ3) is 2.46. The zero-order chi connectivity index (χ0) is 12.6. The van der Waals surface area contributed by atoms with Gasteiger partial charge in [-0.1, -0.05) is 6.07 Å². The van der Waals surface area contributed by atoms with Crippen molar-refractivity contribution in [2.45, 2.75) is 33.3 Å². The Morgan fingerprint density at radius 1 is 1.35 bits per heavy atom. The number of hydrogen-bond donors (Lipinski definition) is 0. The Labute approximate surface area is 100 Å². The lowest BCUT2D eigenvalue weighted by Crippen LogP contribution is -2.26. The first-order chi connectivity index (χ1) is 7.87. The molecule has 0 aliphatic carbocycles. The first-order valence-electron chi connectivity index (χ1n) is 5.54. The smallest absolute Gasteiger partial charge is 0.420 e. The lowest BCUT2D eigenvalue weighted by atomic mass is 10.2. The van der Waals surface area contributed by atoms with E-state index in [9.17, 15) is 4.79 Å². The largest absolute Gasteiger partial charge is 0.443 e. The van der Waals surface area contributed by atoms with Crippen LogP contribution in [0.2, 0.25) is 0 Å². The van der Waals surface area contributed by atoms with Crippen LogP contribution in [0.1, 0.15) is 26.3 Å². The second-order valence-corrected chi connectivity index (χ2v) is 5.09. The van der Waals surface area contributed by atoms with Gasteiger partial charge in [-0.15, -0.1) is 0 Å². The molecule has 0 spiro atoms. The van der Waals surface area contributed by atoms with Crippen LogP contribution < -0.4 is 0 Å². The van der Waals surface area contributed by atoms with E-state index in [4.69, 9.17) is 4.74 Å². The van der Waals surface area contributed by atoms with Crippen molar-refractivity contribution in [2.75, 3.05) is 0 Å². The fourth-order valence-corrected chi connectivity index (χ4v) is 1.58. The van der Waals surface area contributed by atoms with Gasteiger partial charge in [-0.2, -0.15) is 0 Å². The molecule has 0 atom stereocenters. The van der Waals surface area contributed by atoms with Gasteiger partial charge < -0.3 is 4.74 Å². The van der Waals surface area contributed by atoms with E-state index in [1.807, 2.05) is 45.9 Å². The highest BCUT2D eigenvalue weighted by Gasteiger charge is 2.19. The van der Waals surface area contributed by atoms with Gasteiger partial charge in [0.2, 0.25) is 0 Å². The third-order valence-corrected chi connectivity index (χ3v) is 2.29. The van der Waals surface area contributed by atoms with Gasteiger partial charge in [-0.05, 0) is 45.4 Å². The average Bonchev–Trinajstić information content (AvgIpc) is 2.57. The quantitative estimate of drug-likeness (QED) is 0.701. The molecule has 0 aliphatic rings. The van der Waals surface area contributed by atoms with Gasteiger partial charge in [-0.25, -0.2) is 14.3 Å². The van der Waals surface area contributed by atoms with Crippen LogP contribution in [-0.4, -0.2) is 21.2 Å². The van der Waals surface area contributed by atoms with Gasteiger partial charge >= 0.3 is 6.09 Å². The Morgan fingerprint density at radius 3 is 2.71 bits per heavy atom. The van der Waals surface area contributed by atoms with Crippen molar-refractivity contribution in [1.29, 1.82) is 0 Å². The fraction of sp³-hybridized carbons (Fsp3) is 0.385. The van der Waals surface area contributed by atoms with Crippen molar-refractivity contribution in [2.24, 2.45) is 0 Å². The molecule has 4 heteroatoms. The number of aryl methyl sites for hydroxylation is 1. The van der Waals surface area contributed by atoms with E-state index in [1.54, 1.807) is 0 Å². The number of hydrogen-bond acceptors (Lipinski definition) is 3. The van der Waals surface area contributed by atoms with Crippen LogP contribution in [0.3, 0.4) is 0 Å². The summed E-state index contributed by atoms with van der Waals surface area (Å²) in [6.07, 6.45) is 1.10. The molecule has 1 aromatic heterocycles. The molecule has 0 radical (unpaired) electrons. The number of carbonyl (C=O) groups is 1. The lowest BCUT2D eigenvalue weighted by Gasteiger charge is -2.19. The van der Waals surface area contributed by atoms with Crippen molar-refractivity contribution in [1.82, 2.24) is 9.55 Å². The van der Waals surface area contributed by atoms with Gasteiger partial charge in [0, 0.05) is 0 Å². The Balaban J connectivity index is 2.40. The van der Waals surface area contributed by atoms with Crippen LogP contribution >= 0.6 is 0 Å². The predicted molar refractivity (Wildman–Crippen MR) is 66.1 cm³/mol. The first kappa shape index (κ1) is 11.6. The third-order valence-electron chi connectivity index (χ3n) is 2.29. The van der Waals surface area contributed by atoms with Crippen LogP contribution in [0.5, 0.6) is 0 Å². The van der Waals surface area contributed by atoms with Crippen LogP contribution in [0.4, 0.5) is 4.79 Å². The van der Waals surface area contributed by atoms with Gasteiger partial charge in [0.15, 0.2) is 0 Å². The summed E-state index contributed by atoms with van der Waals surface area (Å²) in [5.41, 5.74) is 2.19. The molecule has 0 bridgehead atoms. The van der Waals surface area contributed by atoms with E-state index in [1.165, 1.54) is 10.9 Å². The topological polar surface area (TPSA) is 44.1 Å². The highest BCUT2D eigenvalue weighted by Crippen LogP contribution is 2.16. The van der Waals surface area contributed by atoms with E-state index in [2.05, 4.69) is 4.98 Å². The Bertz CT molecular complexity index is 564. The van der Waals surface area contributed by atoms with Crippen LogP contribution in [0.25, 0.3) is 11.0 Å². The van der Waals surface area contributed by atoms with E-state index in [-0.39, 0.29) is 0 Å². The normalized spacial score (nSPS) is 11.8. The number of imidazole rings is 1. The second kappa shape index (κ2) is 3.87. The molecular weight excluding hydrogens is 216 g/mol. The summed E-state index contributed by atoms with van der Waals surface area (Å²) in [6.45, 7) is 7.52. The maximum Gasteiger partial charge on any atom is 0.420 e. The molecule has 1 aromatic carbocycles. The van der Waals surface area contributed by atoms with Gasteiger partial charge in [0.05, 0.1) is 11.0 Å². The maximum atomic E-state index is 11.9. The molecular formula is C13H16N2O2. The van der Waals surface area contributed by atoms with Crippen molar-refractivity contribution >= 4 is 17.1 Å². The van der Waals surface area contributed by atoms with Crippen molar-refractivity contribution in [3.8, 4) is 0 Å². The molecule has 2 rings (SSSR count). The zero-order valence-corrected chi connectivity index (χ0v) is 10.5. The molecule has 0 saturated heterocycles. The molecule has 0 saturated carbocycles. The number of rotatable bonds is 0. The zero-order valence-electron chi connectivity index (χ0n) is 10.5. The van der Waals surface area contributed by atoms with Crippen molar-refractivity contribution in [3.05, 3.63) is 30.1 Å². The second-order valence-electron chi connectivity index (χ2n) is 5.09. The molecule has 0 aliphatic heterocycles. The number of aromatic nitrogens is 2. The molecule has 2 aromatic rings. The minimum atomic E-state index is -0.502. The van der Waals surface area contributed by atoms with E-state index >= 15 is 0 Å². The number of benzene rings is 1. The molecule has 0 fully saturated rings. The van der Waals surface area contributed by atoms with E-state index in [0.29, 0.717) is 0 Å². The van der Waals surface area contributed by atoms with Crippen LogP contribution in [0, 0.1) is 6.92 Å². The first-order valence-corrected chi connectivity index (χ1v) is 5.54. The summed E-state index contributed by atoms with van der Waals surface area (Å²) in [4.78, 5) is 16.1. The molecule has 0 amide bonds. The monoisotopic (exact) mass is 232 g/mol. The SMILES string of the molecule is Cc1ccc2c(c1)ncn2C(=O)OC(C)(C)C. The highest BCUT2D eigenvalue weighted by molar-refractivity contribution is 5.86. The van der Waals surface area contributed by atoms with Gasteiger partial charge in [0.1, 0.15) is 11.9 Å². The molecule has 1 heterocycles. The summed E-state index contributed by atoms with van der Waals surface area (Å²) in [6, 6.07) is 5.77. The lowest BCUT2D eigenvalue weighted by molar-refractivity contribution is 0.0543. The molecule has 4 nitrogen and oxygen atoms in total. The van der Waals surface area contributed by atoms with Crippen molar-refractivity contribution < 1.29 is 9.53 Å². The Kier molecular flexibility index (Phi) is 2.65. The predicted octanol–water partition coefficient (Wildman–Crippen LogP) is 3.13. The summed E-state index contributed by atoms with van der Waals surface area (Å²) < 4.78 is 6.74. The standard InChI is InChI=1S/C13H16N2O2/c1-9-5-6-11-10(7-9)14-8-15(11)12(16)17-13(2,3)4/h5-8H,1-4H3. The molecule has 17 heavy (non-hydrogen) atoms. The van der Waals surface area contributed by atoms with Crippen LogP contribution in [-0.2, 0) is 4.74 Å². The molecule has 90 valence electrons. The number of nitrogens with zero attached hydrogens (tertiary/aromatic N) is 2. The fourth-order valence-electron chi connectivity index (χ4n) is 1.58. The molecule has 0 N–H and O–H groups in total. The van der Waals surface area contributed by atoms with Gasteiger partial charge in [0.25, 0.3) is 0 Å². The number of ether oxygens (including phenoxy) is 1. The summed E-state index contributed by atoms with van der Waals surface area (Å²) in [5.74, 6) is 0. The summed E-state index contributed by atoms with van der Waals surface area (Å²) in [5, 5.41) is 0. The van der Waals surface area contributed by atoms with E-state index in [0.717, 1.165) is 16.6 Å².